The molecule has 5 heteroatoms. The summed E-state index contributed by atoms with van der Waals surface area (Å²) in [4.78, 5) is 0. The topological polar surface area (TPSA) is 18.5 Å². The Morgan fingerprint density at radius 1 is 1.18 bits per heavy atom. The van der Waals surface area contributed by atoms with Gasteiger partial charge in [-0.3, -0.25) is 0 Å². The van der Waals surface area contributed by atoms with Crippen molar-refractivity contribution in [3.63, 3.8) is 0 Å². The third-order valence-electron chi connectivity index (χ3n) is 1.28. The zero-order valence-corrected chi connectivity index (χ0v) is 8.93. The van der Waals surface area contributed by atoms with E-state index in [0.717, 1.165) is 11.5 Å². The first-order valence-corrected chi connectivity index (χ1v) is 7.98. The molecule has 0 aliphatic carbocycles. The van der Waals surface area contributed by atoms with Gasteiger partial charge in [0, 0.05) is 0 Å². The van der Waals surface area contributed by atoms with Crippen molar-refractivity contribution >= 4 is 32.5 Å². The first-order chi connectivity index (χ1) is 5.17. The number of benzene rings is 1. The zero-order valence-electron chi connectivity index (χ0n) is 5.43. The number of hydrogen-bond donors (Lipinski definition) is 1. The monoisotopic (exact) mass is 252 g/mol. The van der Waals surface area contributed by atoms with Crippen LogP contribution in [-0.2, 0) is 0 Å². The first kappa shape index (κ1) is 7.75. The van der Waals surface area contributed by atoms with E-state index < -0.39 is 5.16 Å². The van der Waals surface area contributed by atoms with Crippen LogP contribution < -0.4 is 9.05 Å². The first-order valence-electron chi connectivity index (χ1n) is 2.98. The summed E-state index contributed by atoms with van der Waals surface area (Å²) in [7, 11) is 0. The van der Waals surface area contributed by atoms with Gasteiger partial charge in [0.25, 0.3) is 0 Å². The van der Waals surface area contributed by atoms with Gasteiger partial charge in [-0.2, -0.15) is 0 Å². The van der Waals surface area contributed by atoms with Crippen LogP contribution in [0.2, 0.25) is 0 Å². The van der Waals surface area contributed by atoms with Gasteiger partial charge in [0.05, 0.1) is 0 Å². The predicted molar refractivity (Wildman–Crippen MR) is 49.4 cm³/mol. The Morgan fingerprint density at radius 2 is 1.64 bits per heavy atom. The molecule has 0 radical (unpaired) electrons. The molecule has 0 aromatic heterocycles. The Morgan fingerprint density at radius 3 is 2.09 bits per heavy atom. The van der Waals surface area contributed by atoms with E-state index in [0.29, 0.717) is 0 Å². The SMILES string of the molecule is SP1(=[Se])Oc2ccccc2O1. The van der Waals surface area contributed by atoms with Gasteiger partial charge < -0.3 is 0 Å². The van der Waals surface area contributed by atoms with E-state index in [9.17, 15) is 0 Å². The minimum atomic E-state index is -2.01. The van der Waals surface area contributed by atoms with Gasteiger partial charge >= 0.3 is 77.3 Å². The number of fused-ring (bicyclic) bond motifs is 1. The van der Waals surface area contributed by atoms with Crippen LogP contribution in [0.4, 0.5) is 0 Å². The van der Waals surface area contributed by atoms with Crippen LogP contribution >= 0.6 is 17.4 Å². The quantitative estimate of drug-likeness (QED) is 0.433. The zero-order chi connectivity index (χ0) is 7.90. The van der Waals surface area contributed by atoms with Gasteiger partial charge in [0.15, 0.2) is 0 Å². The molecule has 0 saturated heterocycles. The molecule has 58 valence electrons. The Labute approximate surface area is 77.4 Å². The van der Waals surface area contributed by atoms with Gasteiger partial charge in [-0.1, -0.05) is 0 Å². The van der Waals surface area contributed by atoms with Gasteiger partial charge in [-0.25, -0.2) is 0 Å². The average molecular weight is 251 g/mol. The van der Waals surface area contributed by atoms with E-state index in [1.54, 1.807) is 0 Å². The van der Waals surface area contributed by atoms with Crippen molar-refractivity contribution in [2.45, 2.75) is 0 Å². The molecule has 0 spiro atoms. The summed E-state index contributed by atoms with van der Waals surface area (Å²) in [5.41, 5.74) is 0. The van der Waals surface area contributed by atoms with Crippen LogP contribution in [0.25, 0.3) is 0 Å². The van der Waals surface area contributed by atoms with E-state index in [2.05, 4.69) is 27.3 Å². The summed E-state index contributed by atoms with van der Waals surface area (Å²) < 4.78 is 10.8. The van der Waals surface area contributed by atoms with E-state index in [-0.39, 0.29) is 0 Å². The van der Waals surface area contributed by atoms with Crippen LogP contribution in [-0.4, -0.2) is 15.1 Å². The van der Waals surface area contributed by atoms with Crippen molar-refractivity contribution < 1.29 is 9.05 Å². The van der Waals surface area contributed by atoms with Crippen molar-refractivity contribution in [3.8, 4) is 11.5 Å². The molecular weight excluding hydrogens is 246 g/mol. The molecule has 0 bridgehead atoms. The van der Waals surface area contributed by atoms with Gasteiger partial charge in [0.2, 0.25) is 0 Å². The Kier molecular flexibility index (Phi) is 1.81. The van der Waals surface area contributed by atoms with E-state index in [4.69, 9.17) is 9.05 Å². The van der Waals surface area contributed by atoms with Crippen molar-refractivity contribution in [1.29, 1.82) is 0 Å². The average Bonchev–Trinajstić information content (AvgIpc) is 2.21. The van der Waals surface area contributed by atoms with E-state index in [1.165, 1.54) is 0 Å². The molecule has 11 heavy (non-hydrogen) atoms. The normalized spacial score (nSPS) is 18.3. The molecule has 1 aliphatic rings. The van der Waals surface area contributed by atoms with E-state index >= 15 is 0 Å². The maximum atomic E-state index is 5.39. The molecule has 2 rings (SSSR count). The molecule has 0 N–H and O–H groups in total. The second-order valence-corrected chi connectivity index (χ2v) is 9.83. The predicted octanol–water partition coefficient (Wildman–Crippen LogP) is 2.23. The summed E-state index contributed by atoms with van der Waals surface area (Å²) in [6, 6.07) is 7.54. The minimum absolute atomic E-state index is 0.773. The fraction of sp³-hybridized carbons (Fsp3) is 0. The molecule has 1 aromatic carbocycles. The van der Waals surface area contributed by atoms with Crippen LogP contribution in [0.5, 0.6) is 11.5 Å². The second kappa shape index (κ2) is 2.56. The van der Waals surface area contributed by atoms with Crippen molar-refractivity contribution in [3.05, 3.63) is 24.3 Å². The molecular formula is C6H5O2PSSe. The standard InChI is InChI=1S/C6H5O2PSSe/c10-9(11)7-5-3-1-2-4-6(5)8-9/h1-4H,(H,10,11). The molecule has 0 unspecified atom stereocenters. The van der Waals surface area contributed by atoms with Crippen LogP contribution in [0.15, 0.2) is 24.3 Å². The Hall–Kier alpha value is 0.119. The van der Waals surface area contributed by atoms with Crippen LogP contribution in [0, 0.1) is 0 Å². The molecule has 2 nitrogen and oxygen atoms in total. The van der Waals surface area contributed by atoms with Gasteiger partial charge in [-0.15, -0.1) is 0 Å². The molecule has 0 saturated carbocycles. The summed E-state index contributed by atoms with van der Waals surface area (Å²) in [5, 5.41) is -2.01. The van der Waals surface area contributed by atoms with Gasteiger partial charge in [-0.05, 0) is 0 Å². The third-order valence-corrected chi connectivity index (χ3v) is 3.56. The summed E-state index contributed by atoms with van der Waals surface area (Å²) in [6.45, 7) is 0. The molecule has 0 atom stereocenters. The fourth-order valence-electron chi connectivity index (χ4n) is 0.868. The molecule has 1 heterocycles. The van der Waals surface area contributed by atoms with Crippen molar-refractivity contribution in [2.75, 3.05) is 0 Å². The summed E-state index contributed by atoms with van der Waals surface area (Å²) in [6.07, 6.45) is 0. The number of thiol groups is 1. The van der Waals surface area contributed by atoms with Gasteiger partial charge in [0.1, 0.15) is 0 Å². The molecule has 1 aliphatic heterocycles. The summed E-state index contributed by atoms with van der Waals surface area (Å²) >= 11 is 7.00. The third kappa shape index (κ3) is 1.50. The molecule has 1 aromatic rings. The Balaban J connectivity index is 2.49. The summed E-state index contributed by atoms with van der Waals surface area (Å²) in [5.74, 6) is 1.55. The second-order valence-electron chi connectivity index (χ2n) is 2.10. The maximum absolute atomic E-state index is 5.39. The van der Waals surface area contributed by atoms with Crippen LogP contribution in [0.3, 0.4) is 0 Å². The van der Waals surface area contributed by atoms with Crippen molar-refractivity contribution in [2.24, 2.45) is 0 Å². The number of para-hydroxylation sites is 2. The Bertz CT molecular complexity index is 312. The van der Waals surface area contributed by atoms with Crippen molar-refractivity contribution in [1.82, 2.24) is 0 Å². The number of hydrogen-bond acceptors (Lipinski definition) is 3. The number of rotatable bonds is 0. The molecule has 0 fully saturated rings. The fourth-order valence-corrected chi connectivity index (χ4v) is 3.24. The van der Waals surface area contributed by atoms with Crippen LogP contribution in [0.1, 0.15) is 0 Å². The van der Waals surface area contributed by atoms with E-state index in [1.807, 2.05) is 24.3 Å². The molecule has 0 amide bonds.